The highest BCUT2D eigenvalue weighted by Gasteiger charge is 2.23. The van der Waals surface area contributed by atoms with Gasteiger partial charge in [0.1, 0.15) is 13.2 Å². The fourth-order valence-electron chi connectivity index (χ4n) is 8.54. The maximum absolute atomic E-state index is 13.0. The standard InChI is InChI=1S/C68H119N2O6P/c1-6-8-10-12-14-16-18-20-22-24-26-28-29-30-31-32-33-34-35-36-37-38-39-40-41-42-44-46-48-50-52-54-56-58-60-62-68(72)69-66(65-76-77(73,74)75-64-63-70(3,4)5)67(71)61-59-57-55-53-51-49-47-45-43-27-25-23-21-19-17-15-13-11-9-7-2/h8,10,14,16,20,22,26,28,30-31,33-34,36-37,39-40,51,53,59,61,66-67,71H,6-7,9,11-13,15,17-19,21,23-25,27,29,32,35,38,41-50,52,54-58,60,62-65H2,1-5H3,(H-,69,72,73,74)/b10-8-,16-14-,22-20-,28-26-,31-30-,34-33-,37-36-,40-39-,53-51+,61-59+. The normalized spacial score (nSPS) is 14.6. The molecule has 9 heteroatoms. The van der Waals surface area contributed by atoms with Crippen LogP contribution >= 0.6 is 7.82 Å². The van der Waals surface area contributed by atoms with Crippen LogP contribution in [0.1, 0.15) is 251 Å². The second kappa shape index (κ2) is 57.6. The number of amides is 1. The van der Waals surface area contributed by atoms with Crippen LogP contribution in [0.25, 0.3) is 0 Å². The number of unbranched alkanes of at least 4 members (excludes halogenated alkanes) is 25. The van der Waals surface area contributed by atoms with E-state index in [-0.39, 0.29) is 12.5 Å². The van der Waals surface area contributed by atoms with E-state index in [4.69, 9.17) is 9.05 Å². The number of hydrogen-bond donors (Lipinski definition) is 2. The number of phosphoric ester groups is 1. The Kier molecular flexibility index (Phi) is 55.3. The first-order valence-electron chi connectivity index (χ1n) is 31.4. The monoisotopic (exact) mass is 1090 g/mol. The summed E-state index contributed by atoms with van der Waals surface area (Å²) in [5.74, 6) is -0.215. The summed E-state index contributed by atoms with van der Waals surface area (Å²) in [6.07, 6.45) is 85.7. The minimum atomic E-state index is -4.62. The maximum Gasteiger partial charge on any atom is 0.268 e. The number of rotatable bonds is 56. The van der Waals surface area contributed by atoms with Gasteiger partial charge in [0, 0.05) is 6.42 Å². The van der Waals surface area contributed by atoms with Crippen molar-refractivity contribution >= 4 is 13.7 Å². The van der Waals surface area contributed by atoms with E-state index in [9.17, 15) is 19.4 Å². The van der Waals surface area contributed by atoms with Gasteiger partial charge >= 0.3 is 0 Å². The van der Waals surface area contributed by atoms with E-state index in [2.05, 4.69) is 129 Å². The van der Waals surface area contributed by atoms with Crippen molar-refractivity contribution in [3.63, 3.8) is 0 Å². The van der Waals surface area contributed by atoms with Gasteiger partial charge in [0.15, 0.2) is 0 Å². The highest BCUT2D eigenvalue weighted by Crippen LogP contribution is 2.38. The topological polar surface area (TPSA) is 108 Å². The SMILES string of the molecule is CC/C=C\C/C=C\C/C=C\C/C=C\C/C=C\C/C=C\C/C=C\C/C=C\CCCCCCCCCCCCC(=O)NC(COP(=O)([O-])OCC[N+](C)(C)C)C(O)/C=C/CC/C=C/CCCCCCCCCCCCCCCC. The van der Waals surface area contributed by atoms with E-state index in [1.807, 2.05) is 27.2 Å². The average Bonchev–Trinajstić information content (AvgIpc) is 3.39. The quantitative estimate of drug-likeness (QED) is 0.0272. The van der Waals surface area contributed by atoms with Crippen LogP contribution in [0.3, 0.4) is 0 Å². The second-order valence-electron chi connectivity index (χ2n) is 22.0. The van der Waals surface area contributed by atoms with Crippen LogP contribution in [0, 0.1) is 0 Å². The van der Waals surface area contributed by atoms with Gasteiger partial charge in [-0.25, -0.2) is 0 Å². The van der Waals surface area contributed by atoms with Crippen molar-refractivity contribution in [2.75, 3.05) is 40.9 Å². The predicted molar refractivity (Wildman–Crippen MR) is 334 cm³/mol. The molecule has 0 aromatic carbocycles. The van der Waals surface area contributed by atoms with Crippen molar-refractivity contribution in [1.82, 2.24) is 5.32 Å². The first-order valence-corrected chi connectivity index (χ1v) is 32.9. The van der Waals surface area contributed by atoms with E-state index in [1.54, 1.807) is 6.08 Å². The summed E-state index contributed by atoms with van der Waals surface area (Å²) in [7, 11) is 1.23. The minimum Gasteiger partial charge on any atom is -0.756 e. The molecule has 2 N–H and O–H groups in total. The van der Waals surface area contributed by atoms with Gasteiger partial charge in [-0.1, -0.05) is 270 Å². The molecule has 0 fully saturated rings. The lowest BCUT2D eigenvalue weighted by Gasteiger charge is -2.29. The van der Waals surface area contributed by atoms with Gasteiger partial charge in [-0.3, -0.25) is 9.36 Å². The number of nitrogens with zero attached hydrogens (tertiary/aromatic N) is 1. The first kappa shape index (κ1) is 73.9. The summed E-state index contributed by atoms with van der Waals surface area (Å²) >= 11 is 0. The third-order valence-corrected chi connectivity index (χ3v) is 14.4. The van der Waals surface area contributed by atoms with Crippen LogP contribution in [-0.4, -0.2) is 68.5 Å². The van der Waals surface area contributed by atoms with Crippen LogP contribution in [-0.2, 0) is 18.4 Å². The van der Waals surface area contributed by atoms with E-state index in [0.717, 1.165) is 96.3 Å². The highest BCUT2D eigenvalue weighted by atomic mass is 31.2. The Labute approximate surface area is 475 Å². The molecule has 3 atom stereocenters. The molecule has 0 bridgehead atoms. The predicted octanol–water partition coefficient (Wildman–Crippen LogP) is 19.1. The number of phosphoric acid groups is 1. The van der Waals surface area contributed by atoms with E-state index in [0.29, 0.717) is 17.4 Å². The number of carbonyl (C=O) groups is 1. The van der Waals surface area contributed by atoms with Gasteiger partial charge in [0.05, 0.1) is 39.9 Å². The molecule has 0 radical (unpaired) electrons. The zero-order chi connectivity index (χ0) is 56.3. The molecule has 77 heavy (non-hydrogen) atoms. The average molecular weight is 1090 g/mol. The lowest BCUT2D eigenvalue weighted by Crippen LogP contribution is -2.45. The van der Waals surface area contributed by atoms with Gasteiger partial charge in [0.2, 0.25) is 5.91 Å². The molecule has 1 amide bonds. The van der Waals surface area contributed by atoms with Gasteiger partial charge in [-0.2, -0.15) is 0 Å². The van der Waals surface area contributed by atoms with E-state index in [1.165, 1.54) is 135 Å². The molecule has 0 heterocycles. The molecule has 0 aliphatic carbocycles. The Balaban J connectivity index is 4.20. The van der Waals surface area contributed by atoms with Crippen LogP contribution in [0.15, 0.2) is 122 Å². The van der Waals surface area contributed by atoms with Gasteiger partial charge in [0.25, 0.3) is 7.82 Å². The molecule has 0 aliphatic heterocycles. The molecule has 0 aliphatic rings. The maximum atomic E-state index is 13.0. The molecule has 8 nitrogen and oxygen atoms in total. The summed E-state index contributed by atoms with van der Waals surface area (Å²) in [6.45, 7) is 4.51. The number of quaternary nitrogens is 1. The summed E-state index contributed by atoms with van der Waals surface area (Å²) in [4.78, 5) is 25.5. The second-order valence-corrected chi connectivity index (χ2v) is 23.4. The smallest absolute Gasteiger partial charge is 0.268 e. The number of aliphatic hydroxyl groups excluding tert-OH is 1. The fourth-order valence-corrected chi connectivity index (χ4v) is 9.26. The Hall–Kier alpha value is -3.10. The molecule has 0 rings (SSSR count). The van der Waals surface area contributed by atoms with Crippen molar-refractivity contribution in [1.29, 1.82) is 0 Å². The number of aliphatic hydroxyl groups is 1. The van der Waals surface area contributed by atoms with Gasteiger partial charge in [-0.15, -0.1) is 0 Å². The fraction of sp³-hybridized carbons (Fsp3) is 0.691. The largest absolute Gasteiger partial charge is 0.756 e. The van der Waals surface area contributed by atoms with Crippen molar-refractivity contribution < 1.29 is 32.9 Å². The van der Waals surface area contributed by atoms with Gasteiger partial charge < -0.3 is 28.8 Å². The van der Waals surface area contributed by atoms with Crippen molar-refractivity contribution in [3.05, 3.63) is 122 Å². The van der Waals surface area contributed by atoms with Crippen molar-refractivity contribution in [2.24, 2.45) is 0 Å². The van der Waals surface area contributed by atoms with Crippen LogP contribution in [0.5, 0.6) is 0 Å². The Morgan fingerprint density at radius 2 is 0.805 bits per heavy atom. The molecule has 0 aromatic heterocycles. The lowest BCUT2D eigenvalue weighted by atomic mass is 10.0. The summed E-state index contributed by atoms with van der Waals surface area (Å²) in [5.41, 5.74) is 0. The Morgan fingerprint density at radius 3 is 1.21 bits per heavy atom. The third kappa shape index (κ3) is 60.4. The molecule has 0 saturated heterocycles. The van der Waals surface area contributed by atoms with Crippen LogP contribution in [0.2, 0.25) is 0 Å². The van der Waals surface area contributed by atoms with Crippen LogP contribution in [0.4, 0.5) is 0 Å². The molecule has 3 unspecified atom stereocenters. The number of allylic oxidation sites excluding steroid dienone is 19. The molecule has 442 valence electrons. The Bertz CT molecular complexity index is 1670. The molecular formula is C68H119N2O6P. The van der Waals surface area contributed by atoms with Crippen LogP contribution < -0.4 is 10.2 Å². The summed E-state index contributed by atoms with van der Waals surface area (Å²) in [5, 5.41) is 13.9. The number of hydrogen-bond acceptors (Lipinski definition) is 6. The molecule has 0 saturated carbocycles. The summed E-state index contributed by atoms with van der Waals surface area (Å²) < 4.78 is 23.4. The molecule has 0 aromatic rings. The Morgan fingerprint density at radius 1 is 0.468 bits per heavy atom. The van der Waals surface area contributed by atoms with Gasteiger partial charge in [-0.05, 0) is 96.3 Å². The molecular weight excluding hydrogens is 972 g/mol. The zero-order valence-electron chi connectivity index (χ0n) is 50.4. The molecule has 0 spiro atoms. The zero-order valence-corrected chi connectivity index (χ0v) is 51.3. The third-order valence-electron chi connectivity index (χ3n) is 13.4. The first-order chi connectivity index (χ1) is 37.5. The van der Waals surface area contributed by atoms with E-state index < -0.39 is 26.6 Å². The number of likely N-dealkylation sites (N-methyl/N-ethyl adjacent to an activating group) is 1. The van der Waals surface area contributed by atoms with Crippen molar-refractivity contribution in [3.8, 4) is 0 Å². The number of nitrogens with one attached hydrogen (secondary N) is 1. The highest BCUT2D eigenvalue weighted by molar-refractivity contribution is 7.45. The van der Waals surface area contributed by atoms with Crippen molar-refractivity contribution in [2.45, 2.75) is 264 Å². The van der Waals surface area contributed by atoms with E-state index >= 15 is 0 Å². The summed E-state index contributed by atoms with van der Waals surface area (Å²) in [6, 6.07) is -0.915. The number of carbonyl (C=O) groups excluding carboxylic acids is 1. The lowest BCUT2D eigenvalue weighted by molar-refractivity contribution is -0.870. The minimum absolute atomic E-state index is 0.0126.